The van der Waals surface area contributed by atoms with Crippen molar-refractivity contribution in [3.05, 3.63) is 60.2 Å². The number of nitrogens with zero attached hydrogens (tertiary/aromatic N) is 1. The molecular weight excluding hydrogens is 272 g/mol. The molecule has 0 aliphatic carbocycles. The van der Waals surface area contributed by atoms with Crippen molar-refractivity contribution in [1.82, 2.24) is 4.98 Å². The fraction of sp³-hybridized carbons (Fsp3) is 0. The molecule has 0 spiro atoms. The number of furan rings is 1. The lowest BCUT2D eigenvalue weighted by atomic mass is 10.2. The number of aromatic nitrogens is 1. The van der Waals surface area contributed by atoms with E-state index in [1.165, 1.54) is 12.1 Å². The van der Waals surface area contributed by atoms with Crippen molar-refractivity contribution in [2.45, 2.75) is 0 Å². The van der Waals surface area contributed by atoms with Gasteiger partial charge >= 0.3 is 5.97 Å². The first-order valence-electron chi connectivity index (χ1n) is 6.13. The number of benzene rings is 1. The Hall–Kier alpha value is -3.15. The molecule has 3 aromatic rings. The van der Waals surface area contributed by atoms with E-state index in [1.807, 2.05) is 12.1 Å². The van der Waals surface area contributed by atoms with E-state index in [-0.39, 0.29) is 11.5 Å². The maximum atomic E-state index is 12.1. The van der Waals surface area contributed by atoms with E-state index in [0.717, 1.165) is 10.9 Å². The molecule has 104 valence electrons. The SMILES string of the molecule is O=C(O)c1ccc(C(=O)Nc2cccc3ncccc23)o1. The smallest absolute Gasteiger partial charge is 0.371 e. The quantitative estimate of drug-likeness (QED) is 0.770. The fourth-order valence-electron chi connectivity index (χ4n) is 1.97. The third-order valence-corrected chi connectivity index (χ3v) is 2.93. The first-order valence-corrected chi connectivity index (χ1v) is 6.13. The van der Waals surface area contributed by atoms with Crippen molar-refractivity contribution >= 4 is 28.5 Å². The average Bonchev–Trinajstić information content (AvgIpc) is 2.98. The summed E-state index contributed by atoms with van der Waals surface area (Å²) in [5, 5.41) is 12.3. The van der Waals surface area contributed by atoms with Gasteiger partial charge in [0.2, 0.25) is 5.76 Å². The zero-order chi connectivity index (χ0) is 14.8. The van der Waals surface area contributed by atoms with E-state index in [9.17, 15) is 9.59 Å². The highest BCUT2D eigenvalue weighted by atomic mass is 16.4. The minimum absolute atomic E-state index is 0.0618. The average molecular weight is 282 g/mol. The number of aromatic carboxylic acids is 1. The van der Waals surface area contributed by atoms with Gasteiger partial charge in [0.05, 0.1) is 11.2 Å². The number of pyridine rings is 1. The lowest BCUT2D eigenvalue weighted by Gasteiger charge is -2.06. The van der Waals surface area contributed by atoms with E-state index in [1.54, 1.807) is 24.4 Å². The summed E-state index contributed by atoms with van der Waals surface area (Å²) in [7, 11) is 0. The first-order chi connectivity index (χ1) is 10.1. The number of carboxylic acids is 1. The van der Waals surface area contributed by atoms with Crippen LogP contribution in [0.25, 0.3) is 10.9 Å². The maximum absolute atomic E-state index is 12.1. The number of nitrogens with one attached hydrogen (secondary N) is 1. The molecule has 0 unspecified atom stereocenters. The van der Waals surface area contributed by atoms with Gasteiger partial charge in [-0.1, -0.05) is 6.07 Å². The van der Waals surface area contributed by atoms with Gasteiger partial charge in [-0.25, -0.2) is 4.79 Å². The van der Waals surface area contributed by atoms with E-state index in [0.29, 0.717) is 5.69 Å². The van der Waals surface area contributed by atoms with Crippen molar-refractivity contribution in [1.29, 1.82) is 0 Å². The summed E-state index contributed by atoms with van der Waals surface area (Å²) < 4.78 is 4.96. The standard InChI is InChI=1S/C15H10N2O4/c18-14(12-6-7-13(21-12)15(19)20)17-11-5-1-4-10-9(11)3-2-8-16-10/h1-8H,(H,17,18)(H,19,20). The number of fused-ring (bicyclic) bond motifs is 1. The first kappa shape index (κ1) is 12.9. The second kappa shape index (κ2) is 5.09. The third kappa shape index (κ3) is 2.46. The molecule has 6 heteroatoms. The Balaban J connectivity index is 1.91. The van der Waals surface area contributed by atoms with Crippen molar-refractivity contribution in [3.8, 4) is 0 Å². The van der Waals surface area contributed by atoms with Crippen molar-refractivity contribution in [2.75, 3.05) is 5.32 Å². The summed E-state index contributed by atoms with van der Waals surface area (Å²) in [5.41, 5.74) is 1.33. The summed E-state index contributed by atoms with van der Waals surface area (Å²) >= 11 is 0. The van der Waals surface area contributed by atoms with Crippen LogP contribution in [0, 0.1) is 0 Å². The Kier molecular flexibility index (Phi) is 3.12. The van der Waals surface area contributed by atoms with Crippen molar-refractivity contribution < 1.29 is 19.1 Å². The lowest BCUT2D eigenvalue weighted by Crippen LogP contribution is -2.11. The van der Waals surface area contributed by atoms with Crippen LogP contribution in [0.3, 0.4) is 0 Å². The maximum Gasteiger partial charge on any atom is 0.371 e. The zero-order valence-electron chi connectivity index (χ0n) is 10.7. The molecule has 0 radical (unpaired) electrons. The van der Waals surface area contributed by atoms with Gasteiger partial charge in [-0.05, 0) is 36.4 Å². The second-order valence-corrected chi connectivity index (χ2v) is 4.30. The van der Waals surface area contributed by atoms with E-state index in [4.69, 9.17) is 9.52 Å². The van der Waals surface area contributed by atoms with Gasteiger partial charge in [-0.15, -0.1) is 0 Å². The van der Waals surface area contributed by atoms with Crippen LogP contribution in [0.2, 0.25) is 0 Å². The molecule has 1 amide bonds. The molecular formula is C15H10N2O4. The van der Waals surface area contributed by atoms with Gasteiger partial charge in [0.25, 0.3) is 5.91 Å². The lowest BCUT2D eigenvalue weighted by molar-refractivity contribution is 0.0660. The molecule has 3 rings (SSSR count). The fourth-order valence-corrected chi connectivity index (χ4v) is 1.97. The van der Waals surface area contributed by atoms with Crippen LogP contribution in [0.1, 0.15) is 21.1 Å². The number of hydrogen-bond acceptors (Lipinski definition) is 4. The summed E-state index contributed by atoms with van der Waals surface area (Å²) in [6.45, 7) is 0. The van der Waals surface area contributed by atoms with Gasteiger partial charge < -0.3 is 14.8 Å². The molecule has 6 nitrogen and oxygen atoms in total. The number of anilines is 1. The normalized spacial score (nSPS) is 10.5. The highest BCUT2D eigenvalue weighted by Crippen LogP contribution is 2.22. The highest BCUT2D eigenvalue weighted by molar-refractivity contribution is 6.07. The Morgan fingerprint density at radius 3 is 2.62 bits per heavy atom. The number of amides is 1. The molecule has 0 aliphatic rings. The summed E-state index contributed by atoms with van der Waals surface area (Å²) in [6, 6.07) is 11.5. The van der Waals surface area contributed by atoms with Gasteiger partial charge in [-0.2, -0.15) is 0 Å². The van der Waals surface area contributed by atoms with E-state index < -0.39 is 11.9 Å². The van der Waals surface area contributed by atoms with Crippen LogP contribution < -0.4 is 5.32 Å². The predicted molar refractivity (Wildman–Crippen MR) is 75.4 cm³/mol. The minimum Gasteiger partial charge on any atom is -0.475 e. The summed E-state index contributed by atoms with van der Waals surface area (Å²) in [5.74, 6) is -2.07. The second-order valence-electron chi connectivity index (χ2n) is 4.30. The summed E-state index contributed by atoms with van der Waals surface area (Å²) in [4.78, 5) is 27.0. The Labute approximate surface area is 119 Å². The number of carbonyl (C=O) groups is 2. The van der Waals surface area contributed by atoms with Crippen LogP contribution in [0.15, 0.2) is 53.1 Å². The van der Waals surface area contributed by atoms with Gasteiger partial charge in [0, 0.05) is 11.6 Å². The van der Waals surface area contributed by atoms with Crippen molar-refractivity contribution in [2.24, 2.45) is 0 Å². The van der Waals surface area contributed by atoms with E-state index in [2.05, 4.69) is 10.3 Å². The molecule has 0 fully saturated rings. The van der Waals surface area contributed by atoms with E-state index >= 15 is 0 Å². The minimum atomic E-state index is -1.22. The third-order valence-electron chi connectivity index (χ3n) is 2.93. The predicted octanol–water partition coefficient (Wildman–Crippen LogP) is 2.78. The number of hydrogen-bond donors (Lipinski definition) is 2. The molecule has 2 aromatic heterocycles. The molecule has 0 aliphatic heterocycles. The molecule has 0 bridgehead atoms. The Morgan fingerprint density at radius 1 is 1.05 bits per heavy atom. The van der Waals surface area contributed by atoms with Crippen LogP contribution >= 0.6 is 0 Å². The van der Waals surface area contributed by atoms with Crippen LogP contribution in [0.5, 0.6) is 0 Å². The topological polar surface area (TPSA) is 92.4 Å². The molecule has 21 heavy (non-hydrogen) atoms. The molecule has 0 saturated heterocycles. The monoisotopic (exact) mass is 282 g/mol. The molecule has 2 N–H and O–H groups in total. The highest BCUT2D eigenvalue weighted by Gasteiger charge is 2.15. The number of carbonyl (C=O) groups excluding carboxylic acids is 1. The Morgan fingerprint density at radius 2 is 1.86 bits per heavy atom. The zero-order valence-corrected chi connectivity index (χ0v) is 10.7. The molecule has 2 heterocycles. The molecule has 0 saturated carbocycles. The largest absolute Gasteiger partial charge is 0.475 e. The van der Waals surface area contributed by atoms with Gasteiger partial charge in [0.1, 0.15) is 0 Å². The number of rotatable bonds is 3. The van der Waals surface area contributed by atoms with Gasteiger partial charge in [0.15, 0.2) is 5.76 Å². The molecule has 0 atom stereocenters. The van der Waals surface area contributed by atoms with Crippen molar-refractivity contribution in [3.63, 3.8) is 0 Å². The number of carboxylic acid groups (broad SMARTS) is 1. The van der Waals surface area contributed by atoms with Crippen LogP contribution in [-0.4, -0.2) is 22.0 Å². The van der Waals surface area contributed by atoms with Crippen LogP contribution in [-0.2, 0) is 0 Å². The molecule has 1 aromatic carbocycles. The van der Waals surface area contributed by atoms with Gasteiger partial charge in [-0.3, -0.25) is 9.78 Å². The Bertz CT molecular complexity index is 833. The van der Waals surface area contributed by atoms with Crippen LogP contribution in [0.4, 0.5) is 5.69 Å². The summed E-state index contributed by atoms with van der Waals surface area (Å²) in [6.07, 6.45) is 1.67.